The lowest BCUT2D eigenvalue weighted by molar-refractivity contribution is -0.158. The maximum absolute atomic E-state index is 12.3. The van der Waals surface area contributed by atoms with E-state index in [-0.39, 0.29) is 30.7 Å². The molecule has 2 fully saturated rings. The molecule has 120 valence electrons. The van der Waals surface area contributed by atoms with Gasteiger partial charge in [0.2, 0.25) is 11.8 Å². The Hall–Kier alpha value is -1.31. The molecular formula is C13H20F3N3O2. The average Bonchev–Trinajstić information content (AvgIpc) is 2.98. The zero-order chi connectivity index (χ0) is 15.6. The number of halogens is 3. The van der Waals surface area contributed by atoms with Gasteiger partial charge in [-0.3, -0.25) is 9.59 Å². The number of nitrogens with two attached hydrogens (primary N) is 1. The first-order valence-corrected chi connectivity index (χ1v) is 7.18. The van der Waals surface area contributed by atoms with Crippen molar-refractivity contribution >= 4 is 11.8 Å². The zero-order valence-corrected chi connectivity index (χ0v) is 11.7. The first kappa shape index (κ1) is 16.1. The van der Waals surface area contributed by atoms with Crippen molar-refractivity contribution in [2.24, 2.45) is 17.6 Å². The third kappa shape index (κ3) is 3.87. The van der Waals surface area contributed by atoms with Crippen LogP contribution in [0.4, 0.5) is 13.2 Å². The van der Waals surface area contributed by atoms with Crippen LogP contribution in [0.5, 0.6) is 0 Å². The van der Waals surface area contributed by atoms with Gasteiger partial charge in [0.15, 0.2) is 0 Å². The van der Waals surface area contributed by atoms with Crippen LogP contribution in [0.15, 0.2) is 0 Å². The number of nitrogens with zero attached hydrogens (tertiary/aromatic N) is 1. The minimum atomic E-state index is -4.41. The highest BCUT2D eigenvalue weighted by Crippen LogP contribution is 2.31. The second-order valence-electron chi connectivity index (χ2n) is 5.76. The van der Waals surface area contributed by atoms with Gasteiger partial charge in [-0.2, -0.15) is 13.2 Å². The Balaban J connectivity index is 1.89. The molecule has 5 nitrogen and oxygen atoms in total. The number of amides is 2. The summed E-state index contributed by atoms with van der Waals surface area (Å²) in [7, 11) is 0. The number of nitrogens with one attached hydrogen (secondary N) is 1. The minimum absolute atomic E-state index is 0.0221. The third-order valence-electron chi connectivity index (χ3n) is 4.28. The number of hydrogen-bond donors (Lipinski definition) is 2. The molecule has 3 N–H and O–H groups in total. The van der Waals surface area contributed by atoms with Gasteiger partial charge in [0, 0.05) is 12.5 Å². The average molecular weight is 307 g/mol. The molecule has 0 radical (unpaired) electrons. The molecule has 1 saturated heterocycles. The molecule has 1 heterocycles. The molecule has 1 aliphatic heterocycles. The van der Waals surface area contributed by atoms with E-state index in [9.17, 15) is 22.8 Å². The van der Waals surface area contributed by atoms with E-state index in [4.69, 9.17) is 5.73 Å². The normalized spacial score (nSPS) is 30.0. The molecule has 2 aliphatic rings. The van der Waals surface area contributed by atoms with E-state index in [1.54, 1.807) is 0 Å². The van der Waals surface area contributed by atoms with E-state index in [1.807, 2.05) is 0 Å². The lowest BCUT2D eigenvalue weighted by atomic mass is 9.95. The summed E-state index contributed by atoms with van der Waals surface area (Å²) in [4.78, 5) is 24.8. The van der Waals surface area contributed by atoms with Gasteiger partial charge >= 0.3 is 6.18 Å². The quantitative estimate of drug-likeness (QED) is 0.800. The number of rotatable bonds is 4. The van der Waals surface area contributed by atoms with Gasteiger partial charge in [-0.1, -0.05) is 6.42 Å². The van der Waals surface area contributed by atoms with Crippen molar-refractivity contribution < 1.29 is 22.8 Å². The summed E-state index contributed by atoms with van der Waals surface area (Å²) in [5.41, 5.74) is 5.61. The van der Waals surface area contributed by atoms with Gasteiger partial charge in [-0.05, 0) is 31.7 Å². The van der Waals surface area contributed by atoms with Gasteiger partial charge in [0.1, 0.15) is 12.6 Å². The van der Waals surface area contributed by atoms with Crippen LogP contribution in [0, 0.1) is 11.8 Å². The molecule has 0 spiro atoms. The maximum atomic E-state index is 12.3. The predicted molar refractivity (Wildman–Crippen MR) is 69.1 cm³/mol. The first-order valence-electron chi connectivity index (χ1n) is 7.18. The highest BCUT2D eigenvalue weighted by Gasteiger charge is 2.41. The fourth-order valence-corrected chi connectivity index (χ4v) is 3.19. The van der Waals surface area contributed by atoms with Crippen LogP contribution in [0.3, 0.4) is 0 Å². The molecule has 2 rings (SSSR count). The Bertz CT molecular complexity index is 414. The lowest BCUT2D eigenvalue weighted by Gasteiger charge is -2.21. The Morgan fingerprint density at radius 2 is 2.05 bits per heavy atom. The van der Waals surface area contributed by atoms with Crippen molar-refractivity contribution in [1.29, 1.82) is 0 Å². The summed E-state index contributed by atoms with van der Waals surface area (Å²) in [6.07, 6.45) is -1.67. The van der Waals surface area contributed by atoms with Crippen molar-refractivity contribution in [3.8, 4) is 0 Å². The Morgan fingerprint density at radius 1 is 1.33 bits per heavy atom. The summed E-state index contributed by atoms with van der Waals surface area (Å²) in [5, 5.41) is 2.60. The van der Waals surface area contributed by atoms with Crippen molar-refractivity contribution in [2.75, 3.05) is 19.6 Å². The molecule has 1 saturated carbocycles. The van der Waals surface area contributed by atoms with Crippen molar-refractivity contribution in [2.45, 2.75) is 37.9 Å². The van der Waals surface area contributed by atoms with E-state index in [0.29, 0.717) is 6.54 Å². The summed E-state index contributed by atoms with van der Waals surface area (Å²) in [6.45, 7) is -0.821. The van der Waals surface area contributed by atoms with E-state index in [2.05, 4.69) is 5.32 Å². The molecule has 0 aromatic carbocycles. The molecule has 0 aromatic heterocycles. The summed E-state index contributed by atoms with van der Waals surface area (Å²) in [6, 6.07) is -0.834. The Kier molecular flexibility index (Phi) is 4.75. The third-order valence-corrected chi connectivity index (χ3v) is 4.28. The van der Waals surface area contributed by atoms with E-state index in [0.717, 1.165) is 24.2 Å². The smallest absolute Gasteiger partial charge is 0.344 e. The van der Waals surface area contributed by atoms with Gasteiger partial charge < -0.3 is 16.0 Å². The van der Waals surface area contributed by atoms with Gasteiger partial charge in [0.05, 0.1) is 0 Å². The van der Waals surface area contributed by atoms with Gasteiger partial charge in [-0.15, -0.1) is 0 Å². The van der Waals surface area contributed by atoms with Gasteiger partial charge in [0.25, 0.3) is 0 Å². The van der Waals surface area contributed by atoms with Crippen molar-refractivity contribution in [1.82, 2.24) is 10.2 Å². The Labute approximate surface area is 121 Å². The topological polar surface area (TPSA) is 75.4 Å². The second kappa shape index (κ2) is 6.21. The number of carbonyl (C=O) groups is 2. The summed E-state index contributed by atoms with van der Waals surface area (Å²) in [5.74, 6) is -1.02. The van der Waals surface area contributed by atoms with Crippen LogP contribution in [0.2, 0.25) is 0 Å². The van der Waals surface area contributed by atoms with Crippen LogP contribution in [0.1, 0.15) is 25.7 Å². The number of carbonyl (C=O) groups excluding carboxylic acids is 2. The number of hydrogen-bond acceptors (Lipinski definition) is 3. The van der Waals surface area contributed by atoms with E-state index >= 15 is 0 Å². The zero-order valence-electron chi connectivity index (χ0n) is 11.7. The lowest BCUT2D eigenvalue weighted by Crippen LogP contribution is -2.46. The van der Waals surface area contributed by atoms with Crippen molar-refractivity contribution in [3.05, 3.63) is 0 Å². The minimum Gasteiger partial charge on any atom is -0.344 e. The molecular weight excluding hydrogens is 287 g/mol. The van der Waals surface area contributed by atoms with Crippen LogP contribution in [-0.4, -0.2) is 48.6 Å². The molecule has 1 unspecified atom stereocenters. The fourth-order valence-electron chi connectivity index (χ4n) is 3.19. The predicted octanol–water partition coefficient (Wildman–Crippen LogP) is 0.641. The van der Waals surface area contributed by atoms with Crippen LogP contribution >= 0.6 is 0 Å². The fraction of sp³-hybridized carbons (Fsp3) is 0.846. The molecule has 1 aliphatic carbocycles. The van der Waals surface area contributed by atoms with Gasteiger partial charge in [-0.25, -0.2) is 0 Å². The van der Waals surface area contributed by atoms with Crippen LogP contribution in [0.25, 0.3) is 0 Å². The SMILES string of the molecule is NC[C@H]1CCC[C@H]1C(=O)NC1CCN(CC(F)(F)F)C1=O. The van der Waals surface area contributed by atoms with Crippen LogP contribution in [-0.2, 0) is 9.59 Å². The standard InChI is InChI=1S/C13H20F3N3O2/c14-13(15,16)7-19-5-4-10(12(19)21)18-11(20)9-3-1-2-8(9)6-17/h8-10H,1-7,17H2,(H,18,20)/t8-,9-,10?/m1/s1. The molecule has 0 bridgehead atoms. The summed E-state index contributed by atoms with van der Waals surface area (Å²) >= 11 is 0. The largest absolute Gasteiger partial charge is 0.406 e. The second-order valence-corrected chi connectivity index (χ2v) is 5.76. The highest BCUT2D eigenvalue weighted by atomic mass is 19.4. The molecule has 8 heteroatoms. The molecule has 2 amide bonds. The van der Waals surface area contributed by atoms with Crippen molar-refractivity contribution in [3.63, 3.8) is 0 Å². The number of likely N-dealkylation sites (tertiary alicyclic amines) is 1. The number of alkyl halides is 3. The molecule has 3 atom stereocenters. The maximum Gasteiger partial charge on any atom is 0.406 e. The molecule has 0 aromatic rings. The monoisotopic (exact) mass is 307 g/mol. The van der Waals surface area contributed by atoms with Crippen LogP contribution < -0.4 is 11.1 Å². The Morgan fingerprint density at radius 3 is 2.67 bits per heavy atom. The van der Waals surface area contributed by atoms with E-state index in [1.165, 1.54) is 0 Å². The van der Waals surface area contributed by atoms with E-state index < -0.39 is 24.7 Å². The summed E-state index contributed by atoms with van der Waals surface area (Å²) < 4.78 is 37.0. The highest BCUT2D eigenvalue weighted by molar-refractivity contribution is 5.90. The first-order chi connectivity index (χ1) is 9.81. The molecule has 21 heavy (non-hydrogen) atoms.